The summed E-state index contributed by atoms with van der Waals surface area (Å²) < 4.78 is 11.0. The first-order valence-corrected chi connectivity index (χ1v) is 8.92. The normalized spacial score (nSPS) is 16.7. The fourth-order valence-electron chi connectivity index (χ4n) is 3.15. The van der Waals surface area contributed by atoms with Crippen molar-refractivity contribution in [3.8, 4) is 11.5 Å². The maximum absolute atomic E-state index is 12.3. The summed E-state index contributed by atoms with van der Waals surface area (Å²) in [4.78, 5) is 14.3. The number of ether oxygens (including phenoxy) is 2. The van der Waals surface area contributed by atoms with E-state index in [1.165, 1.54) is 5.56 Å². The van der Waals surface area contributed by atoms with Crippen LogP contribution in [-0.2, 0) is 11.2 Å². The van der Waals surface area contributed by atoms with E-state index in [0.717, 1.165) is 23.5 Å². The third-order valence-electron chi connectivity index (χ3n) is 4.89. The van der Waals surface area contributed by atoms with Crippen molar-refractivity contribution >= 4 is 5.91 Å². The minimum absolute atomic E-state index is 0.00687. The van der Waals surface area contributed by atoms with Crippen LogP contribution >= 0.6 is 0 Å². The number of hydrogen-bond donors (Lipinski definition) is 1. The number of carbonyl (C=O) groups is 1. The number of para-hydroxylation sites is 1. The molecule has 0 saturated heterocycles. The number of fused-ring (bicyclic) bond motifs is 1. The fourth-order valence-corrected chi connectivity index (χ4v) is 3.15. The maximum atomic E-state index is 12.3. The number of nitrogens with zero attached hydrogens (tertiary/aromatic N) is 1. The van der Waals surface area contributed by atoms with E-state index in [2.05, 4.69) is 18.3 Å². The molecule has 138 valence electrons. The fraction of sp³-hybridized carbons (Fsp3) is 0.381. The molecule has 0 aromatic heterocycles. The highest BCUT2D eigenvalue weighted by molar-refractivity contribution is 5.78. The number of carbonyl (C=O) groups excluding carboxylic acids is 1. The van der Waals surface area contributed by atoms with E-state index in [-0.39, 0.29) is 18.1 Å². The molecule has 2 aromatic carbocycles. The highest BCUT2D eigenvalue weighted by Crippen LogP contribution is 2.27. The molecule has 0 aliphatic carbocycles. The second kappa shape index (κ2) is 8.23. The Hall–Kier alpha value is -2.53. The lowest BCUT2D eigenvalue weighted by Crippen LogP contribution is -2.40. The van der Waals surface area contributed by atoms with Crippen LogP contribution in [0.15, 0.2) is 48.5 Å². The number of benzene rings is 2. The van der Waals surface area contributed by atoms with Gasteiger partial charge in [0.15, 0.2) is 0 Å². The molecule has 1 amide bonds. The smallest absolute Gasteiger partial charge is 0.234 e. The van der Waals surface area contributed by atoms with Crippen molar-refractivity contribution in [1.29, 1.82) is 0 Å². The molecular weight excluding hydrogens is 328 g/mol. The molecule has 5 heteroatoms. The van der Waals surface area contributed by atoms with E-state index < -0.39 is 0 Å². The summed E-state index contributed by atoms with van der Waals surface area (Å²) in [6.45, 7) is 2.96. The Morgan fingerprint density at radius 2 is 2.00 bits per heavy atom. The summed E-state index contributed by atoms with van der Waals surface area (Å²) in [6, 6.07) is 16.1. The lowest BCUT2D eigenvalue weighted by Gasteiger charge is -2.25. The number of likely N-dealkylation sites (N-methyl/N-ethyl adjacent to an activating group) is 1. The molecule has 26 heavy (non-hydrogen) atoms. The summed E-state index contributed by atoms with van der Waals surface area (Å²) in [5, 5.41) is 2.99. The van der Waals surface area contributed by atoms with E-state index in [0.29, 0.717) is 13.1 Å². The van der Waals surface area contributed by atoms with Crippen LogP contribution in [0, 0.1) is 0 Å². The van der Waals surface area contributed by atoms with Gasteiger partial charge in [-0.3, -0.25) is 9.69 Å². The Kier molecular flexibility index (Phi) is 5.78. The first kappa shape index (κ1) is 18.3. The number of amides is 1. The van der Waals surface area contributed by atoms with Crippen molar-refractivity contribution in [2.24, 2.45) is 0 Å². The van der Waals surface area contributed by atoms with E-state index in [1.54, 1.807) is 7.11 Å². The van der Waals surface area contributed by atoms with Crippen LogP contribution in [0.1, 0.15) is 24.1 Å². The molecule has 3 rings (SSSR count). The third kappa shape index (κ3) is 4.35. The molecule has 2 unspecified atom stereocenters. The SMILES string of the molecule is COc1ccc(C(C)N(C)CC(=O)NCC2Cc3ccccc3O2)cc1. The van der Waals surface area contributed by atoms with E-state index in [1.807, 2.05) is 54.4 Å². The zero-order valence-corrected chi connectivity index (χ0v) is 15.6. The number of nitrogens with one attached hydrogen (secondary N) is 1. The van der Waals surface area contributed by atoms with Crippen LogP contribution in [0.2, 0.25) is 0 Å². The lowest BCUT2D eigenvalue weighted by atomic mass is 10.1. The van der Waals surface area contributed by atoms with Crippen molar-refractivity contribution in [3.05, 3.63) is 59.7 Å². The zero-order valence-electron chi connectivity index (χ0n) is 15.6. The van der Waals surface area contributed by atoms with Gasteiger partial charge in [0, 0.05) is 12.5 Å². The Balaban J connectivity index is 1.45. The van der Waals surface area contributed by atoms with Gasteiger partial charge in [-0.05, 0) is 43.3 Å². The molecule has 2 aromatic rings. The van der Waals surface area contributed by atoms with Gasteiger partial charge in [-0.1, -0.05) is 30.3 Å². The molecule has 1 aliphatic heterocycles. The Bertz CT molecular complexity index is 720. The molecule has 1 aliphatic rings. The highest BCUT2D eigenvalue weighted by atomic mass is 16.5. The topological polar surface area (TPSA) is 50.8 Å². The number of rotatable bonds is 7. The molecule has 0 saturated carbocycles. The highest BCUT2D eigenvalue weighted by Gasteiger charge is 2.23. The van der Waals surface area contributed by atoms with Gasteiger partial charge in [0.25, 0.3) is 0 Å². The van der Waals surface area contributed by atoms with Gasteiger partial charge in [0.2, 0.25) is 5.91 Å². The van der Waals surface area contributed by atoms with Crippen LogP contribution in [0.25, 0.3) is 0 Å². The second-order valence-electron chi connectivity index (χ2n) is 6.72. The van der Waals surface area contributed by atoms with Gasteiger partial charge < -0.3 is 14.8 Å². The van der Waals surface area contributed by atoms with Gasteiger partial charge >= 0.3 is 0 Å². The first-order chi connectivity index (χ1) is 12.6. The average molecular weight is 354 g/mol. The molecule has 0 fully saturated rings. The molecule has 1 heterocycles. The van der Waals surface area contributed by atoms with Crippen molar-refractivity contribution < 1.29 is 14.3 Å². The number of hydrogen-bond acceptors (Lipinski definition) is 4. The van der Waals surface area contributed by atoms with Crippen molar-refractivity contribution in [1.82, 2.24) is 10.2 Å². The Morgan fingerprint density at radius 1 is 1.27 bits per heavy atom. The van der Waals surface area contributed by atoms with Crippen LogP contribution in [-0.4, -0.2) is 44.2 Å². The van der Waals surface area contributed by atoms with Gasteiger partial charge in [0.1, 0.15) is 17.6 Å². The van der Waals surface area contributed by atoms with Crippen molar-refractivity contribution in [3.63, 3.8) is 0 Å². The standard InChI is InChI=1S/C21H26N2O3/c1-15(16-8-10-18(25-3)11-9-16)23(2)14-21(24)22-13-19-12-17-6-4-5-7-20(17)26-19/h4-11,15,19H,12-14H2,1-3H3,(H,22,24). The molecule has 0 bridgehead atoms. The van der Waals surface area contributed by atoms with Crippen LogP contribution in [0.5, 0.6) is 11.5 Å². The largest absolute Gasteiger partial charge is 0.497 e. The average Bonchev–Trinajstić information content (AvgIpc) is 3.09. The summed E-state index contributed by atoms with van der Waals surface area (Å²) in [6.07, 6.45) is 0.856. The van der Waals surface area contributed by atoms with Crippen LogP contribution < -0.4 is 14.8 Å². The van der Waals surface area contributed by atoms with Crippen LogP contribution in [0.4, 0.5) is 0 Å². The zero-order chi connectivity index (χ0) is 18.5. The second-order valence-corrected chi connectivity index (χ2v) is 6.72. The van der Waals surface area contributed by atoms with Crippen LogP contribution in [0.3, 0.4) is 0 Å². The predicted molar refractivity (Wildman–Crippen MR) is 102 cm³/mol. The monoisotopic (exact) mass is 354 g/mol. The van der Waals surface area contributed by atoms with E-state index in [4.69, 9.17) is 9.47 Å². The summed E-state index contributed by atoms with van der Waals surface area (Å²) in [5.41, 5.74) is 2.35. The first-order valence-electron chi connectivity index (χ1n) is 8.92. The van der Waals surface area contributed by atoms with Gasteiger partial charge in [-0.2, -0.15) is 0 Å². The lowest BCUT2D eigenvalue weighted by molar-refractivity contribution is -0.122. The molecular formula is C21H26N2O3. The van der Waals surface area contributed by atoms with Gasteiger partial charge in [0.05, 0.1) is 20.2 Å². The van der Waals surface area contributed by atoms with Gasteiger partial charge in [-0.25, -0.2) is 0 Å². The molecule has 0 radical (unpaired) electrons. The summed E-state index contributed by atoms with van der Waals surface area (Å²) in [5.74, 6) is 1.77. The Morgan fingerprint density at radius 3 is 2.69 bits per heavy atom. The van der Waals surface area contributed by atoms with E-state index in [9.17, 15) is 4.79 Å². The number of methoxy groups -OCH3 is 1. The maximum Gasteiger partial charge on any atom is 0.234 e. The molecule has 1 N–H and O–H groups in total. The molecule has 2 atom stereocenters. The molecule has 5 nitrogen and oxygen atoms in total. The third-order valence-corrected chi connectivity index (χ3v) is 4.89. The summed E-state index contributed by atoms with van der Waals surface area (Å²) in [7, 11) is 3.61. The quantitative estimate of drug-likeness (QED) is 0.831. The van der Waals surface area contributed by atoms with Crippen molar-refractivity contribution in [2.75, 3.05) is 27.2 Å². The predicted octanol–water partition coefficient (Wildman–Crippen LogP) is 2.81. The van der Waals surface area contributed by atoms with E-state index >= 15 is 0 Å². The van der Waals surface area contributed by atoms with Gasteiger partial charge in [-0.15, -0.1) is 0 Å². The minimum Gasteiger partial charge on any atom is -0.497 e. The summed E-state index contributed by atoms with van der Waals surface area (Å²) >= 11 is 0. The Labute approximate surface area is 154 Å². The minimum atomic E-state index is 0.00687. The van der Waals surface area contributed by atoms with Crippen molar-refractivity contribution in [2.45, 2.75) is 25.5 Å². The molecule has 0 spiro atoms.